The van der Waals surface area contributed by atoms with Crippen molar-refractivity contribution < 1.29 is 4.79 Å². The highest BCUT2D eigenvalue weighted by atomic mass is 32.1. The highest BCUT2D eigenvalue weighted by molar-refractivity contribution is 7.10. The molecule has 0 radical (unpaired) electrons. The fraction of sp³-hybridized carbons (Fsp3) is 0.688. The van der Waals surface area contributed by atoms with E-state index in [0.29, 0.717) is 6.54 Å². The number of rotatable bonds is 5. The zero-order chi connectivity index (χ0) is 14.8. The monoisotopic (exact) mass is 294 g/mol. The number of hydrogen-bond donors (Lipinski definition) is 1. The molecule has 1 amide bonds. The van der Waals surface area contributed by atoms with Gasteiger partial charge in [-0.25, -0.2) is 0 Å². The molecule has 1 aromatic rings. The normalized spacial score (nSPS) is 19.0. The van der Waals surface area contributed by atoms with Gasteiger partial charge in [0.25, 0.3) is 0 Å². The van der Waals surface area contributed by atoms with Gasteiger partial charge in [-0.15, -0.1) is 11.3 Å². The number of carbonyl (C=O) groups is 1. The quantitative estimate of drug-likeness (QED) is 0.905. The number of amides is 1. The van der Waals surface area contributed by atoms with Crippen LogP contribution >= 0.6 is 11.3 Å². The molecule has 0 fully saturated rings. The molecule has 1 aromatic heterocycles. The summed E-state index contributed by atoms with van der Waals surface area (Å²) in [7, 11) is 0. The number of carbonyl (C=O) groups excluding carboxylic acids is 1. The van der Waals surface area contributed by atoms with E-state index >= 15 is 0 Å². The molecule has 4 heteroatoms. The van der Waals surface area contributed by atoms with Gasteiger partial charge in [0.2, 0.25) is 5.91 Å². The van der Waals surface area contributed by atoms with Crippen LogP contribution in [-0.4, -0.2) is 23.9 Å². The third-order valence-corrected chi connectivity index (χ3v) is 5.94. The van der Waals surface area contributed by atoms with E-state index < -0.39 is 0 Å². The summed E-state index contributed by atoms with van der Waals surface area (Å²) in [5.41, 5.74) is 6.94. The van der Waals surface area contributed by atoms with Crippen molar-refractivity contribution in [2.24, 2.45) is 11.1 Å². The summed E-state index contributed by atoms with van der Waals surface area (Å²) in [6.07, 6.45) is 3.61. The summed E-state index contributed by atoms with van der Waals surface area (Å²) >= 11 is 1.82. The van der Waals surface area contributed by atoms with E-state index in [1.807, 2.05) is 11.3 Å². The van der Waals surface area contributed by atoms with Gasteiger partial charge in [-0.1, -0.05) is 20.8 Å². The van der Waals surface area contributed by atoms with Gasteiger partial charge in [-0.3, -0.25) is 4.79 Å². The van der Waals surface area contributed by atoms with Crippen LogP contribution in [0, 0.1) is 5.41 Å². The van der Waals surface area contributed by atoms with E-state index in [1.165, 1.54) is 10.4 Å². The van der Waals surface area contributed by atoms with Crippen molar-refractivity contribution in [2.75, 3.05) is 13.1 Å². The first-order chi connectivity index (χ1) is 9.63. The van der Waals surface area contributed by atoms with Crippen molar-refractivity contribution in [3.63, 3.8) is 0 Å². The molecule has 1 atom stereocenters. The van der Waals surface area contributed by atoms with E-state index in [-0.39, 0.29) is 17.4 Å². The molecule has 0 saturated carbocycles. The van der Waals surface area contributed by atoms with Crippen molar-refractivity contribution in [3.8, 4) is 0 Å². The van der Waals surface area contributed by atoms with Gasteiger partial charge in [-0.2, -0.15) is 0 Å². The SMILES string of the molecule is CCC1c2ccsc2CCN1C(=O)C(CC)(CC)CN. The van der Waals surface area contributed by atoms with Gasteiger partial charge in [-0.05, 0) is 42.7 Å². The minimum Gasteiger partial charge on any atom is -0.335 e. The van der Waals surface area contributed by atoms with Crippen LogP contribution in [0.2, 0.25) is 0 Å². The lowest BCUT2D eigenvalue weighted by atomic mass is 9.79. The third-order valence-electron chi connectivity index (χ3n) is 4.94. The van der Waals surface area contributed by atoms with Crippen molar-refractivity contribution in [1.82, 2.24) is 4.90 Å². The average molecular weight is 294 g/mol. The van der Waals surface area contributed by atoms with Crippen molar-refractivity contribution in [2.45, 2.75) is 52.5 Å². The average Bonchev–Trinajstić information content (AvgIpc) is 2.96. The minimum absolute atomic E-state index is 0.238. The Morgan fingerprint density at radius 3 is 2.70 bits per heavy atom. The lowest BCUT2D eigenvalue weighted by Crippen LogP contribution is -2.50. The van der Waals surface area contributed by atoms with Gasteiger partial charge < -0.3 is 10.6 Å². The Kier molecular flexibility index (Phi) is 4.86. The van der Waals surface area contributed by atoms with Gasteiger partial charge in [0.05, 0.1) is 11.5 Å². The van der Waals surface area contributed by atoms with Crippen molar-refractivity contribution >= 4 is 17.2 Å². The molecular formula is C16H26N2OS. The molecule has 0 bridgehead atoms. The summed E-state index contributed by atoms with van der Waals surface area (Å²) in [4.78, 5) is 16.6. The third kappa shape index (κ3) is 2.40. The van der Waals surface area contributed by atoms with E-state index in [0.717, 1.165) is 32.2 Å². The number of nitrogens with two attached hydrogens (primary N) is 1. The summed E-state index contributed by atoms with van der Waals surface area (Å²) in [6.45, 7) is 7.61. The van der Waals surface area contributed by atoms with Crippen LogP contribution < -0.4 is 5.73 Å². The molecule has 0 aliphatic carbocycles. The van der Waals surface area contributed by atoms with Crippen LogP contribution in [0.3, 0.4) is 0 Å². The second-order valence-corrected chi connectivity index (χ2v) is 6.66. The first kappa shape index (κ1) is 15.5. The molecule has 0 aromatic carbocycles. The minimum atomic E-state index is -0.374. The zero-order valence-electron chi connectivity index (χ0n) is 12.8. The molecule has 2 N–H and O–H groups in total. The van der Waals surface area contributed by atoms with E-state index in [1.54, 1.807) is 0 Å². The highest BCUT2D eigenvalue weighted by Crippen LogP contribution is 2.39. The van der Waals surface area contributed by atoms with Crippen molar-refractivity contribution in [3.05, 3.63) is 21.9 Å². The summed E-state index contributed by atoms with van der Waals surface area (Å²) < 4.78 is 0. The van der Waals surface area contributed by atoms with Crippen LogP contribution in [0.1, 0.15) is 56.5 Å². The topological polar surface area (TPSA) is 46.3 Å². The van der Waals surface area contributed by atoms with Gasteiger partial charge in [0, 0.05) is 18.0 Å². The Morgan fingerprint density at radius 1 is 1.45 bits per heavy atom. The van der Waals surface area contributed by atoms with Crippen molar-refractivity contribution in [1.29, 1.82) is 0 Å². The van der Waals surface area contributed by atoms with Gasteiger partial charge >= 0.3 is 0 Å². The Labute approximate surface area is 126 Å². The Morgan fingerprint density at radius 2 is 2.15 bits per heavy atom. The largest absolute Gasteiger partial charge is 0.335 e. The molecule has 3 nitrogen and oxygen atoms in total. The number of thiophene rings is 1. The van der Waals surface area contributed by atoms with Crippen LogP contribution in [0.15, 0.2) is 11.4 Å². The van der Waals surface area contributed by atoms with E-state index in [2.05, 4.69) is 37.1 Å². The molecule has 1 aliphatic rings. The molecule has 0 spiro atoms. The number of nitrogens with zero attached hydrogens (tertiary/aromatic N) is 1. The van der Waals surface area contributed by atoms with Crippen LogP contribution in [-0.2, 0) is 11.2 Å². The lowest BCUT2D eigenvalue weighted by molar-refractivity contribution is -0.145. The van der Waals surface area contributed by atoms with Crippen LogP contribution in [0.5, 0.6) is 0 Å². The van der Waals surface area contributed by atoms with Crippen LogP contribution in [0.4, 0.5) is 0 Å². The smallest absolute Gasteiger partial charge is 0.230 e. The predicted octanol–water partition coefficient (Wildman–Crippen LogP) is 3.35. The standard InChI is InChI=1S/C16H26N2OS/c1-4-13-12-8-10-20-14(12)7-9-18(13)15(19)16(5-2,6-3)11-17/h8,10,13H,4-7,9,11,17H2,1-3H3. The predicted molar refractivity (Wildman–Crippen MR) is 84.8 cm³/mol. The molecule has 20 heavy (non-hydrogen) atoms. The maximum absolute atomic E-state index is 13.1. The summed E-state index contributed by atoms with van der Waals surface area (Å²) in [5.74, 6) is 0.258. The Balaban J connectivity index is 2.31. The zero-order valence-corrected chi connectivity index (χ0v) is 13.6. The molecular weight excluding hydrogens is 268 g/mol. The van der Waals surface area contributed by atoms with Crippen LogP contribution in [0.25, 0.3) is 0 Å². The second-order valence-electron chi connectivity index (χ2n) is 5.66. The molecule has 1 aliphatic heterocycles. The number of fused-ring (bicyclic) bond motifs is 1. The molecule has 1 unspecified atom stereocenters. The van der Waals surface area contributed by atoms with Gasteiger partial charge in [0.1, 0.15) is 0 Å². The highest BCUT2D eigenvalue weighted by Gasteiger charge is 2.41. The van der Waals surface area contributed by atoms with Gasteiger partial charge in [0.15, 0.2) is 0 Å². The molecule has 112 valence electrons. The Bertz CT molecular complexity index is 457. The van der Waals surface area contributed by atoms with E-state index in [4.69, 9.17) is 5.73 Å². The fourth-order valence-corrected chi connectivity index (χ4v) is 4.24. The molecule has 2 heterocycles. The summed E-state index contributed by atoms with van der Waals surface area (Å²) in [6, 6.07) is 2.43. The Hall–Kier alpha value is -0.870. The molecule has 0 saturated heterocycles. The maximum atomic E-state index is 13.1. The number of hydrogen-bond acceptors (Lipinski definition) is 3. The fourth-order valence-electron chi connectivity index (χ4n) is 3.31. The lowest BCUT2D eigenvalue weighted by Gasteiger charge is -2.41. The maximum Gasteiger partial charge on any atom is 0.230 e. The first-order valence-electron chi connectivity index (χ1n) is 7.70. The molecule has 2 rings (SSSR count). The first-order valence-corrected chi connectivity index (χ1v) is 8.58. The second kappa shape index (κ2) is 6.27. The summed E-state index contributed by atoms with van der Waals surface area (Å²) in [5, 5.41) is 2.15. The van der Waals surface area contributed by atoms with E-state index in [9.17, 15) is 4.79 Å².